The van der Waals surface area contributed by atoms with Crippen molar-refractivity contribution in [1.82, 2.24) is 9.97 Å². The molecule has 0 spiro atoms. The summed E-state index contributed by atoms with van der Waals surface area (Å²) in [5.74, 6) is -0.929. The number of aromatic carboxylic acids is 1. The van der Waals surface area contributed by atoms with Crippen LogP contribution in [0.3, 0.4) is 0 Å². The van der Waals surface area contributed by atoms with Gasteiger partial charge in [0.05, 0.1) is 27.2 Å². The van der Waals surface area contributed by atoms with Gasteiger partial charge in [-0.05, 0) is 30.7 Å². The molecule has 0 radical (unpaired) electrons. The monoisotopic (exact) mass is 298 g/mol. The summed E-state index contributed by atoms with van der Waals surface area (Å²) in [7, 11) is 0. The van der Waals surface area contributed by atoms with E-state index in [-0.39, 0.29) is 5.56 Å². The number of nitrogens with zero attached hydrogens (tertiary/aromatic N) is 2. The fourth-order valence-corrected chi connectivity index (χ4v) is 3.16. The van der Waals surface area contributed by atoms with Crippen LogP contribution in [-0.2, 0) is 6.42 Å². The topological polar surface area (TPSA) is 63.1 Å². The van der Waals surface area contributed by atoms with Crippen molar-refractivity contribution in [2.24, 2.45) is 0 Å². The van der Waals surface area contributed by atoms with E-state index in [2.05, 4.69) is 9.97 Å². The summed E-state index contributed by atoms with van der Waals surface area (Å²) < 4.78 is 1.11. The molecule has 5 heteroatoms. The molecule has 2 heterocycles. The van der Waals surface area contributed by atoms with E-state index in [4.69, 9.17) is 0 Å². The summed E-state index contributed by atoms with van der Waals surface area (Å²) in [4.78, 5) is 20.3. The molecule has 21 heavy (non-hydrogen) atoms. The van der Waals surface area contributed by atoms with E-state index >= 15 is 0 Å². The normalized spacial score (nSPS) is 10.9. The number of thiazole rings is 1. The van der Waals surface area contributed by atoms with E-state index in [1.54, 1.807) is 23.5 Å². The largest absolute Gasteiger partial charge is 0.478 e. The van der Waals surface area contributed by atoms with Crippen LogP contribution in [0.4, 0.5) is 0 Å². The molecule has 0 aliphatic carbocycles. The fraction of sp³-hybridized carbons (Fsp3) is 0.188. The van der Waals surface area contributed by atoms with Gasteiger partial charge in [-0.3, -0.25) is 0 Å². The van der Waals surface area contributed by atoms with E-state index in [1.165, 1.54) is 0 Å². The number of aryl methyl sites for hydroxylation is 1. The maximum atomic E-state index is 11.2. The van der Waals surface area contributed by atoms with Gasteiger partial charge in [-0.2, -0.15) is 0 Å². The Bertz CT molecular complexity index is 778. The zero-order valence-electron chi connectivity index (χ0n) is 11.5. The van der Waals surface area contributed by atoms with Gasteiger partial charge in [-0.25, -0.2) is 14.8 Å². The third-order valence-corrected chi connectivity index (χ3v) is 4.26. The van der Waals surface area contributed by atoms with Crippen LogP contribution in [0.25, 0.3) is 20.9 Å². The molecule has 3 rings (SSSR count). The molecule has 106 valence electrons. The average molecular weight is 298 g/mol. The summed E-state index contributed by atoms with van der Waals surface area (Å²) in [5.41, 5.74) is 2.59. The van der Waals surface area contributed by atoms with Crippen molar-refractivity contribution in [2.45, 2.75) is 19.8 Å². The quantitative estimate of drug-likeness (QED) is 0.790. The van der Waals surface area contributed by atoms with Crippen LogP contribution < -0.4 is 0 Å². The second-order valence-electron chi connectivity index (χ2n) is 4.73. The summed E-state index contributed by atoms with van der Waals surface area (Å²) in [6.07, 6.45) is 1.51. The zero-order chi connectivity index (χ0) is 14.8. The average Bonchev–Trinajstić information content (AvgIpc) is 2.91. The molecule has 2 aromatic heterocycles. The third-order valence-electron chi connectivity index (χ3n) is 3.20. The zero-order valence-corrected chi connectivity index (χ0v) is 12.4. The first-order valence-corrected chi connectivity index (χ1v) is 7.60. The number of hydrogen-bond donors (Lipinski definition) is 1. The van der Waals surface area contributed by atoms with Crippen molar-refractivity contribution in [2.75, 3.05) is 0 Å². The molecule has 0 aliphatic rings. The lowest BCUT2D eigenvalue weighted by atomic mass is 10.1. The summed E-state index contributed by atoms with van der Waals surface area (Å²) in [6, 6.07) is 11.3. The number of para-hydroxylation sites is 1. The predicted octanol–water partition coefficient (Wildman–Crippen LogP) is 4.01. The SMILES string of the molecule is CCCc1nc(-c2nc3ccccc3s2)ccc1C(=O)O. The Morgan fingerprint density at radius 1 is 1.19 bits per heavy atom. The Hall–Kier alpha value is -2.27. The van der Waals surface area contributed by atoms with Crippen molar-refractivity contribution in [3.8, 4) is 10.7 Å². The van der Waals surface area contributed by atoms with Crippen LogP contribution in [0.1, 0.15) is 29.4 Å². The van der Waals surface area contributed by atoms with Crippen LogP contribution in [0.2, 0.25) is 0 Å². The molecule has 1 aromatic carbocycles. The molecular weight excluding hydrogens is 284 g/mol. The van der Waals surface area contributed by atoms with E-state index < -0.39 is 5.97 Å². The van der Waals surface area contributed by atoms with Crippen LogP contribution in [0.5, 0.6) is 0 Å². The number of hydrogen-bond acceptors (Lipinski definition) is 4. The highest BCUT2D eigenvalue weighted by atomic mass is 32.1. The van der Waals surface area contributed by atoms with Crippen molar-refractivity contribution in [1.29, 1.82) is 0 Å². The first-order chi connectivity index (χ1) is 10.2. The highest BCUT2D eigenvalue weighted by Crippen LogP contribution is 2.29. The van der Waals surface area contributed by atoms with Crippen molar-refractivity contribution < 1.29 is 9.90 Å². The Balaban J connectivity index is 2.09. The maximum absolute atomic E-state index is 11.2. The van der Waals surface area contributed by atoms with Gasteiger partial charge in [0.15, 0.2) is 0 Å². The van der Waals surface area contributed by atoms with Crippen molar-refractivity contribution in [3.05, 3.63) is 47.7 Å². The van der Waals surface area contributed by atoms with Gasteiger partial charge in [-0.15, -0.1) is 11.3 Å². The van der Waals surface area contributed by atoms with Gasteiger partial charge in [0.25, 0.3) is 0 Å². The van der Waals surface area contributed by atoms with Crippen LogP contribution in [-0.4, -0.2) is 21.0 Å². The summed E-state index contributed by atoms with van der Waals surface area (Å²) >= 11 is 1.57. The number of carboxylic acid groups (broad SMARTS) is 1. The lowest BCUT2D eigenvalue weighted by Gasteiger charge is -2.05. The second-order valence-corrected chi connectivity index (χ2v) is 5.76. The van der Waals surface area contributed by atoms with Gasteiger partial charge in [0, 0.05) is 0 Å². The first kappa shape index (κ1) is 13.7. The van der Waals surface area contributed by atoms with Crippen molar-refractivity contribution >= 4 is 27.5 Å². The van der Waals surface area contributed by atoms with Crippen LogP contribution in [0.15, 0.2) is 36.4 Å². The Kier molecular flexibility index (Phi) is 3.66. The molecule has 0 unspecified atom stereocenters. The van der Waals surface area contributed by atoms with Gasteiger partial charge in [0.2, 0.25) is 0 Å². The summed E-state index contributed by atoms with van der Waals surface area (Å²) in [5, 5.41) is 10.0. The molecule has 4 nitrogen and oxygen atoms in total. The lowest BCUT2D eigenvalue weighted by molar-refractivity contribution is 0.0695. The molecule has 0 aliphatic heterocycles. The maximum Gasteiger partial charge on any atom is 0.337 e. The minimum atomic E-state index is -0.929. The minimum absolute atomic E-state index is 0.279. The van der Waals surface area contributed by atoms with Gasteiger partial charge in [-0.1, -0.05) is 25.5 Å². The number of benzene rings is 1. The predicted molar refractivity (Wildman–Crippen MR) is 83.8 cm³/mol. The van der Waals surface area contributed by atoms with Gasteiger partial charge >= 0.3 is 5.97 Å². The third kappa shape index (κ3) is 2.64. The van der Waals surface area contributed by atoms with Gasteiger partial charge < -0.3 is 5.11 Å². The molecule has 0 atom stereocenters. The first-order valence-electron chi connectivity index (χ1n) is 6.78. The Morgan fingerprint density at radius 2 is 2.00 bits per heavy atom. The van der Waals surface area contributed by atoms with Gasteiger partial charge in [0.1, 0.15) is 5.01 Å². The molecule has 1 N–H and O–H groups in total. The van der Waals surface area contributed by atoms with Crippen molar-refractivity contribution in [3.63, 3.8) is 0 Å². The van der Waals surface area contributed by atoms with Crippen LogP contribution in [0, 0.1) is 0 Å². The Morgan fingerprint density at radius 3 is 2.71 bits per heavy atom. The number of fused-ring (bicyclic) bond motifs is 1. The fourth-order valence-electron chi connectivity index (χ4n) is 2.22. The minimum Gasteiger partial charge on any atom is -0.478 e. The molecular formula is C16H14N2O2S. The molecule has 0 saturated heterocycles. The molecule has 0 fully saturated rings. The molecule has 0 saturated carbocycles. The smallest absolute Gasteiger partial charge is 0.337 e. The Labute approximate surface area is 126 Å². The lowest BCUT2D eigenvalue weighted by Crippen LogP contribution is -2.05. The van der Waals surface area contributed by atoms with E-state index in [0.29, 0.717) is 12.1 Å². The van der Waals surface area contributed by atoms with E-state index in [9.17, 15) is 9.90 Å². The number of aromatic nitrogens is 2. The molecule has 0 bridgehead atoms. The van der Waals surface area contributed by atoms with Crippen LogP contribution >= 0.6 is 11.3 Å². The highest BCUT2D eigenvalue weighted by molar-refractivity contribution is 7.21. The standard InChI is InChI=1S/C16H14N2O2S/c1-2-5-11-10(16(19)20)8-9-13(17-11)15-18-12-6-3-4-7-14(12)21-15/h3-4,6-9H,2,5H2,1H3,(H,19,20). The number of carbonyl (C=O) groups is 1. The number of rotatable bonds is 4. The number of pyridine rings is 1. The van der Waals surface area contributed by atoms with E-state index in [1.807, 2.05) is 31.2 Å². The highest BCUT2D eigenvalue weighted by Gasteiger charge is 2.14. The summed E-state index contributed by atoms with van der Waals surface area (Å²) in [6.45, 7) is 2.01. The van der Waals surface area contributed by atoms with E-state index in [0.717, 1.165) is 27.3 Å². The number of carboxylic acids is 1. The second kappa shape index (κ2) is 5.61. The molecule has 3 aromatic rings. The molecule has 0 amide bonds.